The Labute approximate surface area is 198 Å². The average molecular weight is 509 g/mol. The molecule has 0 nitrogen and oxygen atoms in total. The molecule has 1 aliphatic carbocycles. The summed E-state index contributed by atoms with van der Waals surface area (Å²) in [6.45, 7) is 13.3. The van der Waals surface area contributed by atoms with Crippen molar-refractivity contribution in [3.8, 4) is 0 Å². The van der Waals surface area contributed by atoms with Crippen molar-refractivity contribution in [3.63, 3.8) is 0 Å². The van der Waals surface area contributed by atoms with E-state index in [4.69, 9.17) is 0 Å². The van der Waals surface area contributed by atoms with Crippen LogP contribution in [0.1, 0.15) is 27.7 Å². The van der Waals surface area contributed by atoms with Gasteiger partial charge in [-0.2, -0.15) is 11.1 Å². The van der Waals surface area contributed by atoms with Gasteiger partial charge >= 0.3 is 41.9 Å². The number of rotatable bonds is 0. The van der Waals surface area contributed by atoms with E-state index in [1.165, 1.54) is 38.3 Å². The summed E-state index contributed by atoms with van der Waals surface area (Å²) in [6.07, 6.45) is 3.36. The van der Waals surface area contributed by atoms with Gasteiger partial charge in [-0.25, -0.2) is 5.57 Å². The fourth-order valence-electron chi connectivity index (χ4n) is 3.07. The Balaban J connectivity index is 0.000000432. The average Bonchev–Trinajstić information content (AvgIpc) is 3.08. The van der Waals surface area contributed by atoms with Gasteiger partial charge in [0, 0.05) is 0 Å². The predicted octanol–water partition coefficient (Wildman–Crippen LogP) is 8.06. The molecule has 1 unspecified atom stereocenters. The van der Waals surface area contributed by atoms with Crippen molar-refractivity contribution in [1.82, 2.24) is 0 Å². The molecule has 0 fully saturated rings. The van der Waals surface area contributed by atoms with Crippen molar-refractivity contribution in [2.45, 2.75) is 40.8 Å². The molecule has 4 heteroatoms. The van der Waals surface area contributed by atoms with E-state index in [2.05, 4.69) is 101 Å². The summed E-state index contributed by atoms with van der Waals surface area (Å²) >= 11 is 1.74. The first-order chi connectivity index (χ1) is 12.3. The summed E-state index contributed by atoms with van der Waals surface area (Å²) in [5, 5.41) is 5.39. The number of fused-ring (bicyclic) bond motifs is 3. The van der Waals surface area contributed by atoms with E-state index in [1.807, 2.05) is 0 Å². The van der Waals surface area contributed by atoms with Gasteiger partial charge in [0.2, 0.25) is 0 Å². The molecule has 0 aromatic heterocycles. The third kappa shape index (κ3) is 7.38. The molecule has 1 atom stereocenters. The van der Waals surface area contributed by atoms with Gasteiger partial charge in [-0.15, -0.1) is 71.5 Å². The molecule has 0 saturated heterocycles. The van der Waals surface area contributed by atoms with Gasteiger partial charge in [-0.05, 0) is 0 Å². The molecule has 0 radical (unpaired) electrons. The van der Waals surface area contributed by atoms with Gasteiger partial charge in [-0.1, -0.05) is 63.1 Å². The molecule has 0 heterocycles. The Morgan fingerprint density at radius 1 is 0.857 bits per heavy atom. The van der Waals surface area contributed by atoms with E-state index in [9.17, 15) is 0 Å². The van der Waals surface area contributed by atoms with Crippen LogP contribution in [-0.4, -0.2) is 5.43 Å². The molecule has 0 amide bonds. The van der Waals surface area contributed by atoms with Crippen LogP contribution in [0.2, 0.25) is 13.1 Å². The molecule has 3 aromatic rings. The van der Waals surface area contributed by atoms with Crippen LogP contribution in [0.15, 0.2) is 71.3 Å². The molecular weight excluding hydrogens is 478 g/mol. The van der Waals surface area contributed by atoms with Gasteiger partial charge in [0.05, 0.1) is 0 Å². The van der Waals surface area contributed by atoms with Gasteiger partial charge < -0.3 is 0 Å². The topological polar surface area (TPSA) is 0 Å². The summed E-state index contributed by atoms with van der Waals surface area (Å²) in [7, 11) is 0. The minimum atomic E-state index is 0. The molecule has 0 saturated carbocycles. The van der Waals surface area contributed by atoms with Gasteiger partial charge in [0.15, 0.2) is 0 Å². The van der Waals surface area contributed by atoms with E-state index in [0.717, 1.165) is 0 Å². The predicted molar refractivity (Wildman–Crippen MR) is 129 cm³/mol. The van der Waals surface area contributed by atoms with Crippen LogP contribution in [-0.2, 0) is 23.3 Å². The van der Waals surface area contributed by atoms with Crippen LogP contribution in [0, 0.1) is 12.0 Å². The van der Waals surface area contributed by atoms with Crippen molar-refractivity contribution in [2.24, 2.45) is 5.92 Å². The van der Waals surface area contributed by atoms with E-state index in [0.29, 0.717) is 5.92 Å². The Morgan fingerprint density at radius 3 is 1.54 bits per heavy atom. The zero-order valence-corrected chi connectivity index (χ0v) is 22.7. The number of halogens is 2. The molecule has 0 spiro atoms. The number of allylic oxidation sites excluding steroid dienone is 4. The molecule has 3 aromatic carbocycles. The van der Waals surface area contributed by atoms with Crippen molar-refractivity contribution in [3.05, 3.63) is 77.4 Å². The standard InChI is InChI=1S/C13H9.C9H13.C2H6Si.2ClH.Zr/c1-3-7-12-10(5-1)9-11-6-2-4-8-13(11)12;1-6-5-7(2)9(4)8(6)3;1-3-2;;;/h1-9H;6H,1-4H3;1-2H3;2*1H;/q2*-1;;;;+2. The van der Waals surface area contributed by atoms with Gasteiger partial charge in [-0.3, -0.25) is 6.08 Å². The fourth-order valence-corrected chi connectivity index (χ4v) is 3.07. The first-order valence-corrected chi connectivity index (χ1v) is 15.3. The first kappa shape index (κ1) is 27.5. The van der Waals surface area contributed by atoms with Gasteiger partial charge in [0.1, 0.15) is 0 Å². The quantitative estimate of drug-likeness (QED) is 0.213. The molecule has 148 valence electrons. The Hall–Kier alpha value is -0.530. The second-order valence-electron chi connectivity index (χ2n) is 7.12. The maximum absolute atomic E-state index is 3.36. The van der Waals surface area contributed by atoms with Crippen LogP contribution < -0.4 is 0 Å². The van der Waals surface area contributed by atoms with Crippen LogP contribution in [0.4, 0.5) is 0 Å². The van der Waals surface area contributed by atoms with Crippen molar-refractivity contribution >= 4 is 51.8 Å². The number of benzene rings is 2. The van der Waals surface area contributed by atoms with E-state index < -0.39 is 0 Å². The SMILES string of the molecule is CC1=[C-]C(C)C(C)=C1C.C[Si](C)=[Zr+2].Cl.Cl.c1ccc2c(c1)[cH-]c1ccccc12. The minimum Gasteiger partial charge on any atom is -0.147 e. The minimum absolute atomic E-state index is 0. The summed E-state index contributed by atoms with van der Waals surface area (Å²) in [6, 6.07) is 19.3. The van der Waals surface area contributed by atoms with Crippen LogP contribution in [0.25, 0.3) is 21.5 Å². The van der Waals surface area contributed by atoms with Crippen LogP contribution in [0.3, 0.4) is 0 Å². The maximum Gasteiger partial charge on any atom is -0.0771 e. The Bertz CT molecular complexity index is 928. The second-order valence-corrected chi connectivity index (χ2v) is 16.5. The molecule has 4 rings (SSSR count). The zero-order chi connectivity index (χ0) is 19.3. The molecule has 0 bridgehead atoms. The van der Waals surface area contributed by atoms with Gasteiger partial charge in [0.25, 0.3) is 0 Å². The van der Waals surface area contributed by atoms with Crippen molar-refractivity contribution in [1.29, 1.82) is 0 Å². The van der Waals surface area contributed by atoms with Crippen LogP contribution >= 0.6 is 24.8 Å². The normalized spacial score (nSPS) is 14.9. The third-order valence-electron chi connectivity index (χ3n) is 4.76. The Morgan fingerprint density at radius 2 is 1.25 bits per heavy atom. The monoisotopic (exact) mass is 506 g/mol. The fraction of sp³-hybridized carbons (Fsp3) is 0.292. The summed E-state index contributed by atoms with van der Waals surface area (Å²) in [4.78, 5) is 0. The molecular formula is C24H30Cl2SiZr. The van der Waals surface area contributed by atoms with Crippen molar-refractivity contribution < 1.29 is 23.3 Å². The van der Waals surface area contributed by atoms with Crippen LogP contribution in [0.5, 0.6) is 0 Å². The van der Waals surface area contributed by atoms with E-state index in [1.54, 1.807) is 23.3 Å². The van der Waals surface area contributed by atoms with E-state index in [-0.39, 0.29) is 30.2 Å². The maximum atomic E-state index is 3.36. The second kappa shape index (κ2) is 12.9. The summed E-state index contributed by atoms with van der Waals surface area (Å²) < 4.78 is 0. The third-order valence-corrected chi connectivity index (χ3v) is 4.76. The van der Waals surface area contributed by atoms with Crippen molar-refractivity contribution in [2.75, 3.05) is 0 Å². The summed E-state index contributed by atoms with van der Waals surface area (Å²) in [5.41, 5.74) is 4.46. The Kier molecular flexibility index (Phi) is 12.7. The number of hydrogen-bond acceptors (Lipinski definition) is 0. The number of hydrogen-bond donors (Lipinski definition) is 0. The molecule has 28 heavy (non-hydrogen) atoms. The molecule has 0 aliphatic heterocycles. The largest absolute Gasteiger partial charge is 0.147 e. The smallest absolute Gasteiger partial charge is 0.0771 e. The molecule has 1 aliphatic rings. The van der Waals surface area contributed by atoms with E-state index >= 15 is 0 Å². The zero-order valence-electron chi connectivity index (χ0n) is 17.6. The molecule has 0 N–H and O–H groups in total. The first-order valence-electron chi connectivity index (χ1n) is 9.14. The summed E-state index contributed by atoms with van der Waals surface area (Å²) in [5.74, 6) is 0.560.